The van der Waals surface area contributed by atoms with Gasteiger partial charge in [-0.2, -0.15) is 0 Å². The van der Waals surface area contributed by atoms with Crippen molar-refractivity contribution < 1.29 is 14.8 Å². The topological polar surface area (TPSA) is 151 Å². The minimum Gasteiger partial charge on any atom is -0.310 e. The van der Waals surface area contributed by atoms with Gasteiger partial charge in [0.2, 0.25) is 0 Å². The molecule has 0 aliphatic rings. The molecule has 0 spiro atoms. The van der Waals surface area contributed by atoms with Gasteiger partial charge in [0.25, 0.3) is 5.69 Å². The van der Waals surface area contributed by atoms with Crippen molar-refractivity contribution in [2.24, 2.45) is 0 Å². The summed E-state index contributed by atoms with van der Waals surface area (Å²) in [6, 6.07) is 4.92. The molecule has 11 heteroatoms. The maximum absolute atomic E-state index is 11.6. The van der Waals surface area contributed by atoms with Crippen LogP contribution in [-0.2, 0) is 0 Å². The van der Waals surface area contributed by atoms with E-state index in [1.54, 1.807) is 0 Å². The third kappa shape index (κ3) is 2.63. The molecule has 0 N–H and O–H groups in total. The Morgan fingerprint density at radius 1 is 0.864 bits per heavy atom. The van der Waals surface area contributed by atoms with Crippen LogP contribution in [0, 0.1) is 30.3 Å². The summed E-state index contributed by atoms with van der Waals surface area (Å²) in [5, 5.41) is 32.4. The van der Waals surface area contributed by atoms with E-state index in [0.29, 0.717) is 0 Å². The molecule has 0 saturated heterocycles. The summed E-state index contributed by atoms with van der Waals surface area (Å²) in [7, 11) is 0. The van der Waals surface area contributed by atoms with Crippen molar-refractivity contribution in [3.05, 3.63) is 77.2 Å². The molecule has 0 fully saturated rings. The molecule has 0 aliphatic heterocycles. The van der Waals surface area contributed by atoms with Crippen LogP contribution in [0.4, 0.5) is 17.1 Å². The van der Waals surface area contributed by atoms with Gasteiger partial charge < -0.3 is 4.57 Å². The van der Waals surface area contributed by atoms with Crippen molar-refractivity contribution in [3.63, 3.8) is 0 Å². The van der Waals surface area contributed by atoms with Crippen LogP contribution in [0.2, 0.25) is 0 Å². The zero-order chi connectivity index (χ0) is 16.4. The summed E-state index contributed by atoms with van der Waals surface area (Å²) in [4.78, 5) is 41.2. The average molecular weight is 306 g/mol. The molecule has 112 valence electrons. The molecule has 11 nitrogen and oxygen atoms in total. The normalized spacial score (nSPS) is 10.2. The highest BCUT2D eigenvalue weighted by molar-refractivity contribution is 5.48. The number of non-ortho nitro benzene ring substituents is 1. The first-order chi connectivity index (χ1) is 10.3. The van der Waals surface area contributed by atoms with Gasteiger partial charge in [-0.05, 0) is 6.07 Å². The SMILES string of the molecule is O=c1c([N+](=O)[O-])cn(-c2cccc([N+](=O)[O-])c2)cc1[N+](=O)[O-]. The highest BCUT2D eigenvalue weighted by atomic mass is 16.6. The van der Waals surface area contributed by atoms with Crippen molar-refractivity contribution in [1.82, 2.24) is 4.57 Å². The number of hydrogen-bond acceptors (Lipinski definition) is 7. The predicted octanol–water partition coefficient (Wildman–Crippen LogP) is 1.56. The first-order valence-electron chi connectivity index (χ1n) is 5.61. The smallest absolute Gasteiger partial charge is 0.310 e. The molecule has 22 heavy (non-hydrogen) atoms. The minimum atomic E-state index is -1.34. The number of rotatable bonds is 4. The number of nitro groups is 3. The van der Waals surface area contributed by atoms with Crippen LogP contribution in [-0.4, -0.2) is 19.3 Å². The highest BCUT2D eigenvalue weighted by Gasteiger charge is 2.25. The molecule has 0 radical (unpaired) electrons. The monoisotopic (exact) mass is 306 g/mol. The fourth-order valence-electron chi connectivity index (χ4n) is 1.73. The van der Waals surface area contributed by atoms with Crippen molar-refractivity contribution in [2.75, 3.05) is 0 Å². The fraction of sp³-hybridized carbons (Fsp3) is 0. The summed E-state index contributed by atoms with van der Waals surface area (Å²) in [6.45, 7) is 0. The largest absolute Gasteiger partial charge is 0.340 e. The molecule has 0 amide bonds. The molecule has 1 heterocycles. The summed E-state index contributed by atoms with van der Waals surface area (Å²) >= 11 is 0. The Morgan fingerprint density at radius 2 is 1.41 bits per heavy atom. The summed E-state index contributed by atoms with van der Waals surface area (Å²) in [5.74, 6) is 0. The number of pyridine rings is 1. The summed E-state index contributed by atoms with van der Waals surface area (Å²) in [5.41, 5.74) is -3.57. The van der Waals surface area contributed by atoms with Gasteiger partial charge in [-0.3, -0.25) is 35.1 Å². The second-order valence-corrected chi connectivity index (χ2v) is 4.06. The van der Waals surface area contributed by atoms with Gasteiger partial charge in [-0.1, -0.05) is 6.07 Å². The number of benzene rings is 1. The first kappa shape index (κ1) is 14.8. The van der Waals surface area contributed by atoms with Crippen LogP contribution in [0.1, 0.15) is 0 Å². The molecule has 1 aromatic carbocycles. The standard InChI is InChI=1S/C11H6N4O7/c16-11-9(14(19)20)5-12(6-10(11)15(21)22)7-2-1-3-8(4-7)13(17)18/h1-6H. The zero-order valence-corrected chi connectivity index (χ0v) is 10.6. The molecule has 0 aliphatic carbocycles. The quantitative estimate of drug-likeness (QED) is 0.613. The maximum atomic E-state index is 11.6. The van der Waals surface area contributed by atoms with Gasteiger partial charge >= 0.3 is 16.8 Å². The summed E-state index contributed by atoms with van der Waals surface area (Å²) < 4.78 is 0.921. The van der Waals surface area contributed by atoms with Gasteiger partial charge in [0.1, 0.15) is 0 Å². The van der Waals surface area contributed by atoms with Gasteiger partial charge in [-0.25, -0.2) is 0 Å². The lowest BCUT2D eigenvalue weighted by atomic mass is 10.2. The maximum Gasteiger partial charge on any atom is 0.340 e. The third-order valence-electron chi connectivity index (χ3n) is 2.72. The highest BCUT2D eigenvalue weighted by Crippen LogP contribution is 2.20. The molecule has 2 aromatic rings. The van der Waals surface area contributed by atoms with E-state index in [2.05, 4.69) is 0 Å². The van der Waals surface area contributed by atoms with Gasteiger partial charge in [0, 0.05) is 12.1 Å². The number of hydrogen-bond donors (Lipinski definition) is 0. The van der Waals surface area contributed by atoms with Crippen LogP contribution >= 0.6 is 0 Å². The van der Waals surface area contributed by atoms with E-state index in [-0.39, 0.29) is 11.4 Å². The predicted molar refractivity (Wildman–Crippen MR) is 72.0 cm³/mol. The molecular formula is C11H6N4O7. The van der Waals surface area contributed by atoms with E-state index >= 15 is 0 Å². The van der Waals surface area contributed by atoms with Gasteiger partial charge in [-0.15, -0.1) is 0 Å². The van der Waals surface area contributed by atoms with E-state index in [9.17, 15) is 35.1 Å². The number of nitrogens with zero attached hydrogens (tertiary/aromatic N) is 4. The molecule has 0 bridgehead atoms. The Balaban J connectivity index is 2.73. The van der Waals surface area contributed by atoms with E-state index in [1.807, 2.05) is 0 Å². The number of aromatic nitrogens is 1. The molecule has 0 atom stereocenters. The molecule has 0 saturated carbocycles. The Labute approximate surface area is 120 Å². The third-order valence-corrected chi connectivity index (χ3v) is 2.72. The zero-order valence-electron chi connectivity index (χ0n) is 10.6. The second kappa shape index (κ2) is 5.40. The van der Waals surface area contributed by atoms with Crippen molar-refractivity contribution in [1.29, 1.82) is 0 Å². The minimum absolute atomic E-state index is 0.0698. The Kier molecular flexibility index (Phi) is 3.62. The van der Waals surface area contributed by atoms with Crippen LogP contribution in [0.25, 0.3) is 5.69 Å². The Morgan fingerprint density at radius 3 is 1.86 bits per heavy atom. The average Bonchev–Trinajstić information content (AvgIpc) is 2.46. The molecule has 1 aromatic heterocycles. The fourth-order valence-corrected chi connectivity index (χ4v) is 1.73. The van der Waals surface area contributed by atoms with Crippen LogP contribution in [0.3, 0.4) is 0 Å². The van der Waals surface area contributed by atoms with Crippen molar-refractivity contribution >= 4 is 17.1 Å². The number of nitro benzene ring substituents is 1. The van der Waals surface area contributed by atoms with Gasteiger partial charge in [0.05, 0.1) is 32.9 Å². The molecule has 2 rings (SSSR count). The first-order valence-corrected chi connectivity index (χ1v) is 5.61. The molecule has 0 unspecified atom stereocenters. The second-order valence-electron chi connectivity index (χ2n) is 4.06. The van der Waals surface area contributed by atoms with Crippen LogP contribution < -0.4 is 5.43 Å². The Bertz CT molecular complexity index is 820. The van der Waals surface area contributed by atoms with E-state index < -0.39 is 31.6 Å². The van der Waals surface area contributed by atoms with Crippen LogP contribution in [0.15, 0.2) is 41.5 Å². The molecular weight excluding hydrogens is 300 g/mol. The van der Waals surface area contributed by atoms with Crippen molar-refractivity contribution in [3.8, 4) is 5.69 Å². The summed E-state index contributed by atoms with van der Waals surface area (Å²) in [6.07, 6.45) is 1.54. The van der Waals surface area contributed by atoms with Crippen molar-refractivity contribution in [2.45, 2.75) is 0 Å². The van der Waals surface area contributed by atoms with E-state index in [4.69, 9.17) is 0 Å². The van der Waals surface area contributed by atoms with Crippen LogP contribution in [0.5, 0.6) is 0 Å². The lowest BCUT2D eigenvalue weighted by molar-refractivity contribution is -0.397. The lowest BCUT2D eigenvalue weighted by Crippen LogP contribution is -2.15. The van der Waals surface area contributed by atoms with E-state index in [1.165, 1.54) is 18.2 Å². The van der Waals surface area contributed by atoms with E-state index in [0.717, 1.165) is 23.0 Å². The lowest BCUT2D eigenvalue weighted by Gasteiger charge is -2.05. The van der Waals surface area contributed by atoms with Gasteiger partial charge in [0.15, 0.2) is 0 Å². The Hall–Kier alpha value is -3.63.